The summed E-state index contributed by atoms with van der Waals surface area (Å²) >= 11 is 6.24. The van der Waals surface area contributed by atoms with Crippen LogP contribution in [0.25, 0.3) is 11.6 Å². The number of carbonyl (C=O) groups is 1. The lowest BCUT2D eigenvalue weighted by molar-refractivity contribution is 0.102. The van der Waals surface area contributed by atoms with Crippen LogP contribution in [0, 0.1) is 13.8 Å². The molecule has 0 unspecified atom stereocenters. The Bertz CT molecular complexity index is 1150. The number of aromatic nitrogens is 7. The first kappa shape index (κ1) is 17.8. The number of hydrogen-bond donors (Lipinski definition) is 1. The Labute approximate surface area is 165 Å². The molecule has 0 atom stereocenters. The summed E-state index contributed by atoms with van der Waals surface area (Å²) in [6.45, 7) is 3.78. The molecule has 0 saturated carbocycles. The fraction of sp³-hybridized carbons (Fsp3) is 0.111. The molecule has 0 aromatic carbocycles. The van der Waals surface area contributed by atoms with Crippen LogP contribution in [0.2, 0.25) is 5.02 Å². The van der Waals surface area contributed by atoms with Crippen molar-refractivity contribution in [3.05, 3.63) is 71.0 Å². The van der Waals surface area contributed by atoms with E-state index in [0.29, 0.717) is 33.6 Å². The molecule has 4 aromatic heterocycles. The van der Waals surface area contributed by atoms with Gasteiger partial charge < -0.3 is 5.32 Å². The van der Waals surface area contributed by atoms with Crippen molar-refractivity contribution in [2.75, 3.05) is 5.32 Å². The lowest BCUT2D eigenvalue weighted by Gasteiger charge is -2.08. The summed E-state index contributed by atoms with van der Waals surface area (Å²) in [5.41, 5.74) is 2.61. The molecule has 4 heterocycles. The minimum atomic E-state index is -0.320. The third kappa shape index (κ3) is 3.35. The van der Waals surface area contributed by atoms with Gasteiger partial charge in [-0.1, -0.05) is 11.6 Å². The van der Waals surface area contributed by atoms with Crippen molar-refractivity contribution in [2.45, 2.75) is 13.8 Å². The highest BCUT2D eigenvalue weighted by atomic mass is 35.5. The molecule has 0 spiro atoms. The highest BCUT2D eigenvalue weighted by Gasteiger charge is 2.17. The van der Waals surface area contributed by atoms with E-state index in [9.17, 15) is 4.79 Å². The Kier molecular flexibility index (Phi) is 4.58. The van der Waals surface area contributed by atoms with E-state index in [-0.39, 0.29) is 5.91 Å². The number of halogens is 1. The van der Waals surface area contributed by atoms with Gasteiger partial charge in [0.05, 0.1) is 46.8 Å². The smallest absolute Gasteiger partial charge is 0.259 e. The second kappa shape index (κ2) is 7.20. The molecular weight excluding hydrogens is 380 g/mol. The molecule has 0 aliphatic rings. The zero-order valence-corrected chi connectivity index (χ0v) is 15.8. The number of nitrogens with one attached hydrogen (secondary N) is 1. The van der Waals surface area contributed by atoms with Gasteiger partial charge in [-0.05, 0) is 37.6 Å². The monoisotopic (exact) mass is 394 g/mol. The second-order valence-corrected chi connectivity index (χ2v) is 6.46. The molecule has 0 bridgehead atoms. The molecule has 1 N–H and O–H groups in total. The third-order valence-electron chi connectivity index (χ3n) is 4.06. The zero-order chi connectivity index (χ0) is 19.7. The van der Waals surface area contributed by atoms with Crippen LogP contribution in [0.5, 0.6) is 0 Å². The van der Waals surface area contributed by atoms with E-state index in [4.69, 9.17) is 11.6 Å². The fourth-order valence-corrected chi connectivity index (χ4v) is 2.91. The van der Waals surface area contributed by atoms with E-state index >= 15 is 0 Å². The molecule has 0 radical (unpaired) electrons. The predicted molar refractivity (Wildman–Crippen MR) is 103 cm³/mol. The number of hydrogen-bond acceptors (Lipinski definition) is 6. The standard InChI is InChI=1S/C18H15ClN8O/c1-11-3-4-20-16(7-11)26-12(2)14(10-24-26)18(28)25-13-8-15(19)17(21-9-13)27-22-5-6-23-27/h3-10H,1-2H3,(H,25,28). The van der Waals surface area contributed by atoms with Crippen molar-refractivity contribution in [1.82, 2.24) is 34.7 Å². The first-order valence-electron chi connectivity index (χ1n) is 8.34. The molecule has 0 saturated heterocycles. The van der Waals surface area contributed by atoms with Gasteiger partial charge in [-0.25, -0.2) is 14.6 Å². The predicted octanol–water partition coefficient (Wildman–Crippen LogP) is 2.77. The van der Waals surface area contributed by atoms with Crippen LogP contribution < -0.4 is 5.32 Å². The minimum absolute atomic E-state index is 0.311. The summed E-state index contributed by atoms with van der Waals surface area (Å²) < 4.78 is 1.62. The van der Waals surface area contributed by atoms with Crippen LogP contribution in [0.1, 0.15) is 21.6 Å². The van der Waals surface area contributed by atoms with Gasteiger partial charge in [-0.15, -0.1) is 4.80 Å². The van der Waals surface area contributed by atoms with Gasteiger partial charge in [0.25, 0.3) is 5.91 Å². The quantitative estimate of drug-likeness (QED) is 0.570. The minimum Gasteiger partial charge on any atom is -0.320 e. The average molecular weight is 395 g/mol. The van der Waals surface area contributed by atoms with Gasteiger partial charge in [-0.2, -0.15) is 15.3 Å². The van der Waals surface area contributed by atoms with Gasteiger partial charge in [0.15, 0.2) is 11.6 Å². The maximum Gasteiger partial charge on any atom is 0.259 e. The molecule has 10 heteroatoms. The molecule has 0 aliphatic heterocycles. The van der Waals surface area contributed by atoms with Crippen LogP contribution in [0.3, 0.4) is 0 Å². The highest BCUT2D eigenvalue weighted by molar-refractivity contribution is 6.32. The molecular formula is C18H15ClN8O. The average Bonchev–Trinajstić information content (AvgIpc) is 3.31. The van der Waals surface area contributed by atoms with Crippen LogP contribution in [0.15, 0.2) is 49.2 Å². The molecule has 0 fully saturated rings. The maximum atomic E-state index is 12.7. The summed E-state index contributed by atoms with van der Waals surface area (Å²) in [4.78, 5) is 22.5. The summed E-state index contributed by atoms with van der Waals surface area (Å²) in [5.74, 6) is 0.704. The van der Waals surface area contributed by atoms with Crippen molar-refractivity contribution in [1.29, 1.82) is 0 Å². The van der Waals surface area contributed by atoms with Crippen molar-refractivity contribution < 1.29 is 4.79 Å². The van der Waals surface area contributed by atoms with Crippen LogP contribution >= 0.6 is 11.6 Å². The summed E-state index contributed by atoms with van der Waals surface area (Å²) in [6, 6.07) is 5.38. The van der Waals surface area contributed by atoms with Gasteiger partial charge in [0, 0.05) is 6.20 Å². The molecule has 1 amide bonds. The van der Waals surface area contributed by atoms with Crippen molar-refractivity contribution in [3.8, 4) is 11.6 Å². The number of anilines is 1. The molecule has 28 heavy (non-hydrogen) atoms. The number of aryl methyl sites for hydroxylation is 1. The number of carbonyl (C=O) groups excluding carboxylic acids is 1. The Morgan fingerprint density at radius 1 is 1.04 bits per heavy atom. The molecule has 0 aliphatic carbocycles. The van der Waals surface area contributed by atoms with E-state index in [1.165, 1.54) is 29.6 Å². The normalized spacial score (nSPS) is 10.8. The number of amides is 1. The van der Waals surface area contributed by atoms with Gasteiger partial charge >= 0.3 is 0 Å². The highest BCUT2D eigenvalue weighted by Crippen LogP contribution is 2.22. The molecule has 9 nitrogen and oxygen atoms in total. The molecule has 4 rings (SSSR count). The maximum absolute atomic E-state index is 12.7. The van der Waals surface area contributed by atoms with E-state index in [2.05, 4.69) is 30.6 Å². The van der Waals surface area contributed by atoms with E-state index < -0.39 is 0 Å². The molecule has 140 valence electrons. The zero-order valence-electron chi connectivity index (χ0n) is 15.0. The van der Waals surface area contributed by atoms with Crippen molar-refractivity contribution in [3.63, 3.8) is 0 Å². The Morgan fingerprint density at radius 2 is 1.82 bits per heavy atom. The topological polar surface area (TPSA) is 103 Å². The number of rotatable bonds is 4. The summed E-state index contributed by atoms with van der Waals surface area (Å²) in [6.07, 6.45) is 7.75. The van der Waals surface area contributed by atoms with Gasteiger partial charge in [0.2, 0.25) is 0 Å². The van der Waals surface area contributed by atoms with Crippen LogP contribution in [-0.4, -0.2) is 40.6 Å². The largest absolute Gasteiger partial charge is 0.320 e. The van der Waals surface area contributed by atoms with E-state index in [1.807, 2.05) is 26.0 Å². The number of pyridine rings is 2. The lowest BCUT2D eigenvalue weighted by atomic mass is 10.2. The first-order chi connectivity index (χ1) is 13.5. The van der Waals surface area contributed by atoms with Crippen LogP contribution in [-0.2, 0) is 0 Å². The van der Waals surface area contributed by atoms with Crippen molar-refractivity contribution in [2.24, 2.45) is 0 Å². The fourth-order valence-electron chi connectivity index (χ4n) is 2.67. The van der Waals surface area contributed by atoms with E-state index in [0.717, 1.165) is 5.56 Å². The van der Waals surface area contributed by atoms with Crippen molar-refractivity contribution >= 4 is 23.2 Å². The Hall–Kier alpha value is -3.59. The van der Waals surface area contributed by atoms with E-state index in [1.54, 1.807) is 16.9 Å². The SMILES string of the molecule is Cc1ccnc(-n2ncc(C(=O)Nc3cnc(-n4nccn4)c(Cl)c3)c2C)c1. The Morgan fingerprint density at radius 3 is 2.54 bits per heavy atom. The summed E-state index contributed by atoms with van der Waals surface area (Å²) in [5, 5.41) is 15.4. The van der Waals surface area contributed by atoms with Gasteiger partial charge in [0.1, 0.15) is 0 Å². The van der Waals surface area contributed by atoms with Crippen LogP contribution in [0.4, 0.5) is 5.69 Å². The first-order valence-corrected chi connectivity index (χ1v) is 8.72. The lowest BCUT2D eigenvalue weighted by Crippen LogP contribution is -2.14. The number of nitrogens with zero attached hydrogens (tertiary/aromatic N) is 7. The second-order valence-electron chi connectivity index (χ2n) is 6.05. The summed E-state index contributed by atoms with van der Waals surface area (Å²) in [7, 11) is 0. The Balaban J connectivity index is 1.57. The third-order valence-corrected chi connectivity index (χ3v) is 4.34. The van der Waals surface area contributed by atoms with Gasteiger partial charge in [-0.3, -0.25) is 4.79 Å². The molecule has 4 aromatic rings.